The highest BCUT2D eigenvalue weighted by molar-refractivity contribution is 5.94. The highest BCUT2D eigenvalue weighted by atomic mass is 16.1. The molecule has 0 aliphatic rings. The molecular formula is C13H17N5O. The predicted octanol–water partition coefficient (Wildman–Crippen LogP) is 1.21. The van der Waals surface area contributed by atoms with E-state index < -0.39 is 0 Å². The van der Waals surface area contributed by atoms with E-state index in [0.717, 1.165) is 24.5 Å². The Morgan fingerprint density at radius 1 is 1.37 bits per heavy atom. The minimum absolute atomic E-state index is 0.116. The molecule has 0 aromatic carbocycles. The second-order valence-electron chi connectivity index (χ2n) is 4.05. The van der Waals surface area contributed by atoms with Crippen molar-refractivity contribution in [3.8, 4) is 0 Å². The van der Waals surface area contributed by atoms with Crippen LogP contribution in [0, 0.1) is 0 Å². The Kier molecular flexibility index (Phi) is 4.49. The Morgan fingerprint density at radius 3 is 2.89 bits per heavy atom. The molecule has 0 aliphatic heterocycles. The summed E-state index contributed by atoms with van der Waals surface area (Å²) >= 11 is 0. The summed E-state index contributed by atoms with van der Waals surface area (Å²) in [5.74, 6) is 0.659. The number of aromatic amines is 1. The van der Waals surface area contributed by atoms with E-state index in [2.05, 4.69) is 25.6 Å². The van der Waals surface area contributed by atoms with Crippen molar-refractivity contribution in [3.05, 3.63) is 42.1 Å². The van der Waals surface area contributed by atoms with Crippen LogP contribution in [-0.4, -0.2) is 33.9 Å². The molecule has 2 aromatic heterocycles. The molecule has 0 fully saturated rings. The minimum atomic E-state index is -0.116. The number of carbonyl (C=O) groups is 1. The summed E-state index contributed by atoms with van der Waals surface area (Å²) in [4.78, 5) is 22.9. The van der Waals surface area contributed by atoms with Crippen molar-refractivity contribution in [2.24, 2.45) is 0 Å². The van der Waals surface area contributed by atoms with Gasteiger partial charge in [-0.1, -0.05) is 0 Å². The number of anilines is 1. The van der Waals surface area contributed by atoms with Crippen LogP contribution < -0.4 is 10.6 Å². The van der Waals surface area contributed by atoms with Crippen LogP contribution in [-0.2, 0) is 6.42 Å². The SMILES string of the molecule is CCNc1ccc(C(=O)NCCc2cnc[nH]2)cn1. The van der Waals surface area contributed by atoms with E-state index in [0.29, 0.717) is 12.1 Å². The average Bonchev–Trinajstić information content (AvgIpc) is 2.93. The summed E-state index contributed by atoms with van der Waals surface area (Å²) in [6, 6.07) is 3.56. The van der Waals surface area contributed by atoms with Crippen LogP contribution in [0.2, 0.25) is 0 Å². The molecule has 0 bridgehead atoms. The number of hydrogen-bond donors (Lipinski definition) is 3. The van der Waals surface area contributed by atoms with Gasteiger partial charge in [-0.15, -0.1) is 0 Å². The fourth-order valence-corrected chi connectivity index (χ4v) is 1.65. The molecule has 100 valence electrons. The molecule has 2 rings (SSSR count). The summed E-state index contributed by atoms with van der Waals surface area (Å²) in [6.07, 6.45) is 5.68. The second kappa shape index (κ2) is 6.53. The van der Waals surface area contributed by atoms with Crippen molar-refractivity contribution in [2.75, 3.05) is 18.4 Å². The van der Waals surface area contributed by atoms with E-state index in [4.69, 9.17) is 0 Å². The highest BCUT2D eigenvalue weighted by Crippen LogP contribution is 2.04. The zero-order valence-corrected chi connectivity index (χ0v) is 10.8. The number of hydrogen-bond acceptors (Lipinski definition) is 4. The monoisotopic (exact) mass is 259 g/mol. The molecule has 0 aliphatic carbocycles. The van der Waals surface area contributed by atoms with Crippen molar-refractivity contribution >= 4 is 11.7 Å². The molecule has 6 heteroatoms. The van der Waals surface area contributed by atoms with Gasteiger partial charge in [-0.2, -0.15) is 0 Å². The van der Waals surface area contributed by atoms with Gasteiger partial charge in [-0.3, -0.25) is 4.79 Å². The van der Waals surface area contributed by atoms with Gasteiger partial charge in [-0.05, 0) is 19.1 Å². The lowest BCUT2D eigenvalue weighted by atomic mass is 10.2. The third-order valence-electron chi connectivity index (χ3n) is 2.62. The van der Waals surface area contributed by atoms with Crippen molar-refractivity contribution in [1.82, 2.24) is 20.3 Å². The Morgan fingerprint density at radius 2 is 2.26 bits per heavy atom. The standard InChI is InChI=1S/C13H17N5O/c1-2-15-12-4-3-10(7-17-12)13(19)16-6-5-11-8-14-9-18-11/h3-4,7-9H,2,5-6H2,1H3,(H,14,18)(H,15,17)(H,16,19). The number of imidazole rings is 1. The summed E-state index contributed by atoms with van der Waals surface area (Å²) in [6.45, 7) is 3.37. The first-order chi connectivity index (χ1) is 9.29. The molecular weight excluding hydrogens is 242 g/mol. The van der Waals surface area contributed by atoms with Crippen molar-refractivity contribution in [2.45, 2.75) is 13.3 Å². The second-order valence-corrected chi connectivity index (χ2v) is 4.05. The normalized spacial score (nSPS) is 10.2. The molecule has 0 unspecified atom stereocenters. The molecule has 3 N–H and O–H groups in total. The van der Waals surface area contributed by atoms with Gasteiger partial charge in [0, 0.05) is 37.6 Å². The summed E-state index contributed by atoms with van der Waals surface area (Å²) in [5.41, 5.74) is 1.56. The maximum absolute atomic E-state index is 11.8. The van der Waals surface area contributed by atoms with E-state index >= 15 is 0 Å². The van der Waals surface area contributed by atoms with E-state index in [1.807, 2.05) is 6.92 Å². The number of rotatable bonds is 6. The van der Waals surface area contributed by atoms with E-state index in [1.165, 1.54) is 0 Å². The smallest absolute Gasteiger partial charge is 0.252 e. The first kappa shape index (κ1) is 13.1. The third-order valence-corrected chi connectivity index (χ3v) is 2.62. The first-order valence-electron chi connectivity index (χ1n) is 6.25. The third kappa shape index (κ3) is 3.80. The largest absolute Gasteiger partial charge is 0.370 e. The zero-order chi connectivity index (χ0) is 13.5. The van der Waals surface area contributed by atoms with Gasteiger partial charge >= 0.3 is 0 Å². The molecule has 0 radical (unpaired) electrons. The van der Waals surface area contributed by atoms with Gasteiger partial charge in [-0.25, -0.2) is 9.97 Å². The lowest BCUT2D eigenvalue weighted by molar-refractivity contribution is 0.0954. The topological polar surface area (TPSA) is 82.7 Å². The van der Waals surface area contributed by atoms with Gasteiger partial charge in [0.1, 0.15) is 5.82 Å². The quantitative estimate of drug-likeness (QED) is 0.728. The van der Waals surface area contributed by atoms with Gasteiger partial charge < -0.3 is 15.6 Å². The van der Waals surface area contributed by atoms with E-state index in [9.17, 15) is 4.79 Å². The molecule has 0 atom stereocenters. The lowest BCUT2D eigenvalue weighted by Crippen LogP contribution is -2.25. The van der Waals surface area contributed by atoms with Crippen molar-refractivity contribution in [3.63, 3.8) is 0 Å². The molecule has 0 saturated heterocycles. The minimum Gasteiger partial charge on any atom is -0.370 e. The Balaban J connectivity index is 1.82. The number of pyridine rings is 1. The molecule has 0 saturated carbocycles. The van der Waals surface area contributed by atoms with Gasteiger partial charge in [0.25, 0.3) is 5.91 Å². The molecule has 2 aromatic rings. The predicted molar refractivity (Wildman–Crippen MR) is 73.0 cm³/mol. The van der Waals surface area contributed by atoms with Crippen LogP contribution in [0.3, 0.4) is 0 Å². The highest BCUT2D eigenvalue weighted by Gasteiger charge is 2.05. The summed E-state index contributed by atoms with van der Waals surface area (Å²) < 4.78 is 0. The van der Waals surface area contributed by atoms with Gasteiger partial charge in [0.2, 0.25) is 0 Å². The maximum Gasteiger partial charge on any atom is 0.252 e. The van der Waals surface area contributed by atoms with Crippen LogP contribution >= 0.6 is 0 Å². The number of aromatic nitrogens is 3. The molecule has 0 spiro atoms. The number of nitrogens with zero attached hydrogens (tertiary/aromatic N) is 2. The van der Waals surface area contributed by atoms with Crippen molar-refractivity contribution < 1.29 is 4.79 Å². The van der Waals surface area contributed by atoms with Crippen LogP contribution in [0.4, 0.5) is 5.82 Å². The average molecular weight is 259 g/mol. The maximum atomic E-state index is 11.8. The zero-order valence-electron chi connectivity index (χ0n) is 10.8. The van der Waals surface area contributed by atoms with Crippen LogP contribution in [0.5, 0.6) is 0 Å². The number of carbonyl (C=O) groups excluding carboxylic acids is 1. The summed E-state index contributed by atoms with van der Waals surface area (Å²) in [7, 11) is 0. The van der Waals surface area contributed by atoms with E-state index in [1.54, 1.807) is 30.9 Å². The number of nitrogens with one attached hydrogen (secondary N) is 3. The Labute approximate surface area is 111 Å². The van der Waals surface area contributed by atoms with Gasteiger partial charge in [0.15, 0.2) is 0 Å². The van der Waals surface area contributed by atoms with Crippen LogP contribution in [0.15, 0.2) is 30.9 Å². The van der Waals surface area contributed by atoms with E-state index in [-0.39, 0.29) is 5.91 Å². The van der Waals surface area contributed by atoms with Crippen LogP contribution in [0.1, 0.15) is 23.0 Å². The fourth-order valence-electron chi connectivity index (χ4n) is 1.65. The van der Waals surface area contributed by atoms with Crippen LogP contribution in [0.25, 0.3) is 0 Å². The molecule has 6 nitrogen and oxygen atoms in total. The number of amides is 1. The van der Waals surface area contributed by atoms with Gasteiger partial charge in [0.05, 0.1) is 11.9 Å². The number of H-pyrrole nitrogens is 1. The summed E-state index contributed by atoms with van der Waals surface area (Å²) in [5, 5.41) is 5.92. The molecule has 19 heavy (non-hydrogen) atoms. The fraction of sp³-hybridized carbons (Fsp3) is 0.308. The molecule has 1 amide bonds. The Hall–Kier alpha value is -2.37. The van der Waals surface area contributed by atoms with Crippen molar-refractivity contribution in [1.29, 1.82) is 0 Å². The Bertz CT molecular complexity index is 506. The molecule has 2 heterocycles. The first-order valence-corrected chi connectivity index (χ1v) is 6.25. The lowest BCUT2D eigenvalue weighted by Gasteiger charge is -2.05.